The monoisotopic (exact) mass is 358 g/mol. The van der Waals surface area contributed by atoms with Gasteiger partial charge in [-0.3, -0.25) is 4.90 Å². The number of aromatic nitrogens is 1. The highest BCUT2D eigenvalue weighted by atomic mass is 32.2. The van der Waals surface area contributed by atoms with Crippen molar-refractivity contribution in [1.82, 2.24) is 9.88 Å². The molecule has 1 spiro atoms. The third-order valence-corrected chi connectivity index (χ3v) is 6.57. The molecule has 6 nitrogen and oxygen atoms in total. The maximum absolute atomic E-state index is 13.6. The SMILES string of the molecule is CCS(=O)(=O)CCN1CC2(C1)OCCC2COc1ncccc1F. The Morgan fingerprint density at radius 1 is 1.50 bits per heavy atom. The van der Waals surface area contributed by atoms with Crippen molar-refractivity contribution in [2.24, 2.45) is 5.92 Å². The smallest absolute Gasteiger partial charge is 0.250 e. The van der Waals surface area contributed by atoms with Crippen LogP contribution >= 0.6 is 0 Å². The van der Waals surface area contributed by atoms with E-state index in [0.29, 0.717) is 32.8 Å². The molecule has 1 aromatic heterocycles. The van der Waals surface area contributed by atoms with Crippen molar-refractivity contribution in [2.75, 3.05) is 44.4 Å². The highest BCUT2D eigenvalue weighted by molar-refractivity contribution is 7.91. The van der Waals surface area contributed by atoms with E-state index in [0.717, 1.165) is 6.42 Å². The minimum Gasteiger partial charge on any atom is -0.475 e. The van der Waals surface area contributed by atoms with Crippen LogP contribution in [0, 0.1) is 11.7 Å². The predicted octanol–water partition coefficient (Wildman–Crippen LogP) is 1.13. The van der Waals surface area contributed by atoms with Crippen molar-refractivity contribution in [3.63, 3.8) is 0 Å². The van der Waals surface area contributed by atoms with Gasteiger partial charge in [0.15, 0.2) is 15.7 Å². The van der Waals surface area contributed by atoms with Gasteiger partial charge in [0.25, 0.3) is 0 Å². The maximum atomic E-state index is 13.6. The van der Waals surface area contributed by atoms with E-state index in [1.54, 1.807) is 6.92 Å². The van der Waals surface area contributed by atoms with Crippen LogP contribution < -0.4 is 4.74 Å². The molecule has 2 aliphatic rings. The molecule has 1 atom stereocenters. The fraction of sp³-hybridized carbons (Fsp3) is 0.688. The average Bonchev–Trinajstić information content (AvgIpc) is 2.95. The number of nitrogens with zero attached hydrogens (tertiary/aromatic N) is 2. The molecular formula is C16H23FN2O4S. The van der Waals surface area contributed by atoms with Gasteiger partial charge in [-0.05, 0) is 18.6 Å². The number of likely N-dealkylation sites (tertiary alicyclic amines) is 1. The topological polar surface area (TPSA) is 68.7 Å². The molecule has 0 aliphatic carbocycles. The normalized spacial score (nSPS) is 23.3. The Kier molecular flexibility index (Phi) is 5.08. The fourth-order valence-electron chi connectivity index (χ4n) is 3.31. The van der Waals surface area contributed by atoms with Crippen LogP contribution in [0.1, 0.15) is 13.3 Å². The first-order chi connectivity index (χ1) is 11.4. The van der Waals surface area contributed by atoms with Crippen molar-refractivity contribution in [3.8, 4) is 5.88 Å². The molecule has 3 rings (SSSR count). The number of hydrogen-bond donors (Lipinski definition) is 0. The van der Waals surface area contributed by atoms with Gasteiger partial charge in [0.1, 0.15) is 0 Å². The Labute approximate surface area is 141 Å². The highest BCUT2D eigenvalue weighted by Gasteiger charge is 2.53. The van der Waals surface area contributed by atoms with Crippen LogP contribution in [0.3, 0.4) is 0 Å². The largest absolute Gasteiger partial charge is 0.475 e. The first-order valence-electron chi connectivity index (χ1n) is 8.24. The Bertz CT molecular complexity index is 676. The molecule has 0 N–H and O–H groups in total. The van der Waals surface area contributed by atoms with Gasteiger partial charge in [-0.2, -0.15) is 0 Å². The molecule has 0 radical (unpaired) electrons. The van der Waals surface area contributed by atoms with Crippen molar-refractivity contribution in [3.05, 3.63) is 24.1 Å². The minimum absolute atomic E-state index is 0.0183. The molecule has 1 unspecified atom stereocenters. The molecular weight excluding hydrogens is 335 g/mol. The fourth-order valence-corrected chi connectivity index (χ4v) is 4.13. The van der Waals surface area contributed by atoms with Crippen LogP contribution in [0.2, 0.25) is 0 Å². The van der Waals surface area contributed by atoms with Gasteiger partial charge < -0.3 is 9.47 Å². The standard InChI is InChI=1S/C16H23FN2O4S/c1-2-24(20,21)9-7-19-11-16(12-19)13(5-8-23-16)10-22-15-14(17)4-3-6-18-15/h3-4,6,13H,2,5,7-12H2,1H3. The Morgan fingerprint density at radius 3 is 3.00 bits per heavy atom. The van der Waals surface area contributed by atoms with Crippen molar-refractivity contribution >= 4 is 9.84 Å². The number of sulfone groups is 1. The summed E-state index contributed by atoms with van der Waals surface area (Å²) in [5.74, 6) is 0.0715. The van der Waals surface area contributed by atoms with Crippen molar-refractivity contribution < 1.29 is 22.3 Å². The van der Waals surface area contributed by atoms with E-state index >= 15 is 0 Å². The number of rotatable bonds is 7. The van der Waals surface area contributed by atoms with Crippen molar-refractivity contribution in [1.29, 1.82) is 0 Å². The zero-order chi connectivity index (χ0) is 17.2. The molecule has 2 saturated heterocycles. The van der Waals surface area contributed by atoms with E-state index in [1.165, 1.54) is 18.3 Å². The Balaban J connectivity index is 1.51. The third-order valence-electron chi connectivity index (χ3n) is 4.89. The summed E-state index contributed by atoms with van der Waals surface area (Å²) in [6.07, 6.45) is 2.36. The first kappa shape index (κ1) is 17.6. The van der Waals surface area contributed by atoms with E-state index in [2.05, 4.69) is 9.88 Å². The second-order valence-corrected chi connectivity index (χ2v) is 8.92. The second kappa shape index (κ2) is 6.93. The van der Waals surface area contributed by atoms with Crippen LogP contribution in [0.5, 0.6) is 5.88 Å². The number of halogens is 1. The summed E-state index contributed by atoms with van der Waals surface area (Å²) in [5, 5.41) is 0. The van der Waals surface area contributed by atoms with E-state index in [-0.39, 0.29) is 28.9 Å². The molecule has 0 bridgehead atoms. The quantitative estimate of drug-likeness (QED) is 0.728. The highest BCUT2D eigenvalue weighted by Crippen LogP contribution is 2.40. The lowest BCUT2D eigenvalue weighted by Crippen LogP contribution is -2.65. The first-order valence-corrected chi connectivity index (χ1v) is 10.1. The summed E-state index contributed by atoms with van der Waals surface area (Å²) < 4.78 is 48.2. The van der Waals surface area contributed by atoms with Crippen LogP contribution in [-0.2, 0) is 14.6 Å². The number of ether oxygens (including phenoxy) is 2. The molecule has 0 saturated carbocycles. The zero-order valence-corrected chi connectivity index (χ0v) is 14.6. The van der Waals surface area contributed by atoms with E-state index in [4.69, 9.17) is 9.47 Å². The summed E-state index contributed by atoms with van der Waals surface area (Å²) in [4.78, 5) is 5.99. The lowest BCUT2D eigenvalue weighted by atomic mass is 9.81. The van der Waals surface area contributed by atoms with Crippen molar-refractivity contribution in [2.45, 2.75) is 18.9 Å². The summed E-state index contributed by atoms with van der Waals surface area (Å²) in [5.41, 5.74) is -0.290. The molecule has 2 fully saturated rings. The molecule has 2 aliphatic heterocycles. The van der Waals surface area contributed by atoms with Gasteiger partial charge in [-0.1, -0.05) is 6.92 Å². The Morgan fingerprint density at radius 2 is 2.29 bits per heavy atom. The number of pyridine rings is 1. The zero-order valence-electron chi connectivity index (χ0n) is 13.8. The minimum atomic E-state index is -2.95. The number of hydrogen-bond acceptors (Lipinski definition) is 6. The molecule has 0 aromatic carbocycles. The van der Waals surface area contributed by atoms with Crippen LogP contribution in [-0.4, -0.2) is 68.3 Å². The van der Waals surface area contributed by atoms with Gasteiger partial charge in [-0.15, -0.1) is 0 Å². The van der Waals surface area contributed by atoms with Crippen LogP contribution in [0.4, 0.5) is 4.39 Å². The molecule has 24 heavy (non-hydrogen) atoms. The van der Waals surface area contributed by atoms with E-state index in [9.17, 15) is 12.8 Å². The summed E-state index contributed by atoms with van der Waals surface area (Å²) in [7, 11) is -2.95. The van der Waals surface area contributed by atoms with Gasteiger partial charge in [0.05, 0.1) is 18.0 Å². The summed E-state index contributed by atoms with van der Waals surface area (Å²) in [6, 6.07) is 2.85. The third kappa shape index (κ3) is 3.70. The van der Waals surface area contributed by atoms with Gasteiger partial charge in [0, 0.05) is 44.1 Å². The van der Waals surface area contributed by atoms with E-state index < -0.39 is 15.7 Å². The lowest BCUT2D eigenvalue weighted by molar-refractivity contribution is -0.135. The van der Waals surface area contributed by atoms with Crippen LogP contribution in [0.15, 0.2) is 18.3 Å². The predicted molar refractivity (Wildman–Crippen MR) is 87.2 cm³/mol. The van der Waals surface area contributed by atoms with Crippen LogP contribution in [0.25, 0.3) is 0 Å². The summed E-state index contributed by atoms with van der Waals surface area (Å²) >= 11 is 0. The average molecular weight is 358 g/mol. The van der Waals surface area contributed by atoms with E-state index in [1.807, 2.05) is 0 Å². The second-order valence-electron chi connectivity index (χ2n) is 6.45. The molecule has 0 amide bonds. The maximum Gasteiger partial charge on any atom is 0.250 e. The van der Waals surface area contributed by atoms with Gasteiger partial charge in [0.2, 0.25) is 5.88 Å². The Hall–Kier alpha value is -1.25. The molecule has 8 heteroatoms. The van der Waals surface area contributed by atoms with Gasteiger partial charge in [-0.25, -0.2) is 17.8 Å². The van der Waals surface area contributed by atoms with Gasteiger partial charge >= 0.3 is 0 Å². The lowest BCUT2D eigenvalue weighted by Gasteiger charge is -2.50. The molecule has 134 valence electrons. The molecule has 1 aromatic rings. The summed E-state index contributed by atoms with van der Waals surface area (Å²) in [6.45, 7) is 4.60. The molecule has 3 heterocycles.